The summed E-state index contributed by atoms with van der Waals surface area (Å²) >= 11 is 0. The Kier molecular flexibility index (Phi) is 5.19. The van der Waals surface area contributed by atoms with Crippen LogP contribution in [0, 0.1) is 5.41 Å². The van der Waals surface area contributed by atoms with Gasteiger partial charge in [0.25, 0.3) is 0 Å². The Hall–Kier alpha value is -0.650. The largest absolute Gasteiger partial charge is 0.384 e. The van der Waals surface area contributed by atoms with Crippen LogP contribution in [0.3, 0.4) is 0 Å². The van der Waals surface area contributed by atoms with Crippen molar-refractivity contribution in [1.82, 2.24) is 10.2 Å². The van der Waals surface area contributed by atoms with Crippen LogP contribution in [0.5, 0.6) is 0 Å². The van der Waals surface area contributed by atoms with Crippen LogP contribution in [0.15, 0.2) is 0 Å². The van der Waals surface area contributed by atoms with Gasteiger partial charge in [-0.3, -0.25) is 4.79 Å². The Balaban J connectivity index is 2.00. The number of rotatable bonds is 6. The van der Waals surface area contributed by atoms with Crippen molar-refractivity contribution in [3.63, 3.8) is 0 Å². The van der Waals surface area contributed by atoms with Gasteiger partial charge in [-0.1, -0.05) is 0 Å². The lowest BCUT2D eigenvalue weighted by Crippen LogP contribution is -2.49. The molecule has 2 aliphatic heterocycles. The fourth-order valence-corrected chi connectivity index (χ4v) is 3.11. The monoisotopic (exact) mass is 270 g/mol. The summed E-state index contributed by atoms with van der Waals surface area (Å²) in [7, 11) is 1.67. The normalized spacial score (nSPS) is 30.7. The van der Waals surface area contributed by atoms with Gasteiger partial charge in [0.2, 0.25) is 5.91 Å². The topological polar surface area (TPSA) is 50.8 Å². The molecule has 19 heavy (non-hydrogen) atoms. The van der Waals surface area contributed by atoms with E-state index in [2.05, 4.69) is 5.32 Å². The smallest absolute Gasteiger partial charge is 0.232 e. The van der Waals surface area contributed by atoms with Gasteiger partial charge >= 0.3 is 0 Å². The first kappa shape index (κ1) is 14.8. The molecule has 2 atom stereocenters. The molecule has 0 aliphatic carbocycles. The lowest BCUT2D eigenvalue weighted by atomic mass is 9.86. The molecule has 5 nitrogen and oxygen atoms in total. The van der Waals surface area contributed by atoms with Crippen LogP contribution in [0.4, 0.5) is 0 Å². The number of hydrogen-bond acceptors (Lipinski definition) is 4. The van der Waals surface area contributed by atoms with E-state index < -0.39 is 0 Å². The number of likely N-dealkylation sites (N-methyl/N-ethyl adjacent to an activating group) is 1. The zero-order valence-corrected chi connectivity index (χ0v) is 12.1. The highest BCUT2D eigenvalue weighted by atomic mass is 16.5. The molecular formula is C14H26N2O3. The summed E-state index contributed by atoms with van der Waals surface area (Å²) in [5.74, 6) is 0.220. The minimum absolute atomic E-state index is 0.220. The van der Waals surface area contributed by atoms with Crippen molar-refractivity contribution in [2.75, 3.05) is 46.5 Å². The summed E-state index contributed by atoms with van der Waals surface area (Å²) in [5, 5.41) is 3.29. The lowest BCUT2D eigenvalue weighted by molar-refractivity contribution is -0.145. The third-order valence-corrected chi connectivity index (χ3v) is 4.23. The average molecular weight is 270 g/mol. The van der Waals surface area contributed by atoms with Crippen LogP contribution in [-0.4, -0.2) is 63.4 Å². The van der Waals surface area contributed by atoms with Crippen LogP contribution < -0.4 is 5.32 Å². The standard InChI is InChI=1S/C14H26N2O3/c1-3-16(9-12-5-4-8-19-12)13(17)14(11-18-2)6-7-15-10-14/h12,15H,3-11H2,1-2H3. The van der Waals surface area contributed by atoms with Crippen molar-refractivity contribution < 1.29 is 14.3 Å². The summed E-state index contributed by atoms with van der Waals surface area (Å²) in [4.78, 5) is 14.8. The molecule has 0 aromatic rings. The SMILES string of the molecule is CCN(CC1CCCO1)C(=O)C1(COC)CCNC1. The molecule has 2 heterocycles. The van der Waals surface area contributed by atoms with Gasteiger partial charge in [0.05, 0.1) is 18.1 Å². The number of nitrogens with one attached hydrogen (secondary N) is 1. The van der Waals surface area contributed by atoms with Crippen molar-refractivity contribution >= 4 is 5.91 Å². The van der Waals surface area contributed by atoms with Gasteiger partial charge < -0.3 is 19.7 Å². The molecule has 0 radical (unpaired) electrons. The van der Waals surface area contributed by atoms with Crippen LogP contribution in [0.2, 0.25) is 0 Å². The molecule has 1 N–H and O–H groups in total. The molecule has 0 aromatic carbocycles. The molecule has 2 fully saturated rings. The first-order chi connectivity index (χ1) is 9.22. The molecule has 2 unspecified atom stereocenters. The van der Waals surface area contributed by atoms with Crippen LogP contribution >= 0.6 is 0 Å². The Morgan fingerprint density at radius 1 is 1.58 bits per heavy atom. The van der Waals surface area contributed by atoms with Crippen molar-refractivity contribution in [1.29, 1.82) is 0 Å². The third kappa shape index (κ3) is 3.27. The number of carbonyl (C=O) groups excluding carboxylic acids is 1. The zero-order chi connectivity index (χ0) is 13.7. The Bertz CT molecular complexity index is 297. The quantitative estimate of drug-likeness (QED) is 0.769. The van der Waals surface area contributed by atoms with Crippen molar-refractivity contribution in [2.45, 2.75) is 32.3 Å². The van der Waals surface area contributed by atoms with Gasteiger partial charge in [-0.25, -0.2) is 0 Å². The Labute approximate surface area is 115 Å². The summed E-state index contributed by atoms with van der Waals surface area (Å²) in [6.07, 6.45) is 3.26. The fraction of sp³-hybridized carbons (Fsp3) is 0.929. The zero-order valence-electron chi connectivity index (χ0n) is 12.1. The molecule has 2 aliphatic rings. The van der Waals surface area contributed by atoms with Crippen molar-refractivity contribution in [2.24, 2.45) is 5.41 Å². The first-order valence-corrected chi connectivity index (χ1v) is 7.32. The molecular weight excluding hydrogens is 244 g/mol. The number of amides is 1. The van der Waals surface area contributed by atoms with E-state index in [1.54, 1.807) is 7.11 Å². The van der Waals surface area contributed by atoms with E-state index in [1.807, 2.05) is 11.8 Å². The average Bonchev–Trinajstić information content (AvgIpc) is 3.07. The summed E-state index contributed by atoms with van der Waals surface area (Å²) in [6, 6.07) is 0. The molecule has 1 amide bonds. The second-order valence-corrected chi connectivity index (χ2v) is 5.62. The lowest BCUT2D eigenvalue weighted by Gasteiger charge is -2.34. The van der Waals surface area contributed by atoms with E-state index in [0.29, 0.717) is 6.61 Å². The molecule has 0 bridgehead atoms. The summed E-state index contributed by atoms with van der Waals surface area (Å²) in [6.45, 7) is 6.46. The van der Waals surface area contributed by atoms with E-state index in [-0.39, 0.29) is 17.4 Å². The number of nitrogens with zero attached hydrogens (tertiary/aromatic N) is 1. The van der Waals surface area contributed by atoms with Gasteiger partial charge in [-0.15, -0.1) is 0 Å². The maximum absolute atomic E-state index is 12.8. The van der Waals surface area contributed by atoms with Crippen LogP contribution in [-0.2, 0) is 14.3 Å². The van der Waals surface area contributed by atoms with Crippen molar-refractivity contribution in [3.05, 3.63) is 0 Å². The molecule has 110 valence electrons. The maximum Gasteiger partial charge on any atom is 0.232 e. The molecule has 0 saturated carbocycles. The number of ether oxygens (including phenoxy) is 2. The maximum atomic E-state index is 12.8. The first-order valence-electron chi connectivity index (χ1n) is 7.32. The van der Waals surface area contributed by atoms with Gasteiger partial charge in [0, 0.05) is 33.4 Å². The van der Waals surface area contributed by atoms with Crippen LogP contribution in [0.1, 0.15) is 26.2 Å². The highest BCUT2D eigenvalue weighted by Gasteiger charge is 2.43. The van der Waals surface area contributed by atoms with E-state index in [1.165, 1.54) is 0 Å². The summed E-state index contributed by atoms with van der Waals surface area (Å²) < 4.78 is 10.9. The predicted molar refractivity (Wildman–Crippen MR) is 73.0 cm³/mol. The highest BCUT2D eigenvalue weighted by Crippen LogP contribution is 2.29. The second-order valence-electron chi connectivity index (χ2n) is 5.62. The minimum Gasteiger partial charge on any atom is -0.384 e. The van der Waals surface area contributed by atoms with Gasteiger partial charge in [-0.05, 0) is 32.7 Å². The molecule has 0 aromatic heterocycles. The third-order valence-electron chi connectivity index (χ3n) is 4.23. The summed E-state index contributed by atoms with van der Waals surface area (Å²) in [5.41, 5.74) is -0.372. The Morgan fingerprint density at radius 2 is 2.42 bits per heavy atom. The van der Waals surface area contributed by atoms with E-state index in [4.69, 9.17) is 9.47 Å². The van der Waals surface area contributed by atoms with E-state index in [9.17, 15) is 4.79 Å². The second kappa shape index (κ2) is 6.68. The molecule has 5 heteroatoms. The Morgan fingerprint density at radius 3 is 2.95 bits per heavy atom. The molecule has 2 rings (SSSR count). The minimum atomic E-state index is -0.372. The highest BCUT2D eigenvalue weighted by molar-refractivity contribution is 5.83. The van der Waals surface area contributed by atoms with Gasteiger partial charge in [0.15, 0.2) is 0 Å². The fourth-order valence-electron chi connectivity index (χ4n) is 3.11. The predicted octanol–water partition coefficient (Wildman–Crippen LogP) is 0.640. The van der Waals surface area contributed by atoms with E-state index >= 15 is 0 Å². The number of carbonyl (C=O) groups is 1. The molecule has 2 saturated heterocycles. The number of hydrogen-bond donors (Lipinski definition) is 1. The number of methoxy groups -OCH3 is 1. The van der Waals surface area contributed by atoms with Crippen LogP contribution in [0.25, 0.3) is 0 Å². The van der Waals surface area contributed by atoms with Gasteiger partial charge in [0.1, 0.15) is 0 Å². The van der Waals surface area contributed by atoms with E-state index in [0.717, 1.165) is 52.0 Å². The van der Waals surface area contributed by atoms with Gasteiger partial charge in [-0.2, -0.15) is 0 Å². The van der Waals surface area contributed by atoms with Crippen molar-refractivity contribution in [3.8, 4) is 0 Å². The molecule has 0 spiro atoms.